The molecule has 0 aliphatic carbocycles. The Hall–Kier alpha value is -3.80. The minimum Gasteiger partial charge on any atom is -0.352 e. The van der Waals surface area contributed by atoms with Gasteiger partial charge in [-0.1, -0.05) is 42.5 Å². The zero-order chi connectivity index (χ0) is 20.8. The quantitative estimate of drug-likeness (QED) is 0.363. The van der Waals surface area contributed by atoms with Crippen molar-refractivity contribution in [3.05, 3.63) is 96.1 Å². The van der Waals surface area contributed by atoms with Crippen molar-refractivity contribution in [3.63, 3.8) is 0 Å². The summed E-state index contributed by atoms with van der Waals surface area (Å²) in [6, 6.07) is 20.5. The number of hydrogen-bond acceptors (Lipinski definition) is 4. The molecule has 30 heavy (non-hydrogen) atoms. The first-order valence-corrected chi connectivity index (χ1v) is 9.93. The van der Waals surface area contributed by atoms with Crippen molar-refractivity contribution in [2.45, 2.75) is 19.4 Å². The highest BCUT2D eigenvalue weighted by atomic mass is 16.1. The van der Waals surface area contributed by atoms with E-state index in [2.05, 4.69) is 10.3 Å². The molecule has 0 aliphatic rings. The number of para-hydroxylation sites is 2. The number of Topliss-reactive ketones (excluding diaryl/α,β-unsaturated/α-hetero) is 1. The number of aryl methyl sites for hydroxylation is 1. The van der Waals surface area contributed by atoms with E-state index in [9.17, 15) is 9.59 Å². The molecule has 2 aromatic heterocycles. The minimum atomic E-state index is -0.120. The van der Waals surface area contributed by atoms with Gasteiger partial charge in [-0.3, -0.25) is 14.6 Å². The summed E-state index contributed by atoms with van der Waals surface area (Å²) in [6.45, 7) is 0.764. The van der Waals surface area contributed by atoms with E-state index in [1.807, 2.05) is 59.2 Å². The van der Waals surface area contributed by atoms with Crippen LogP contribution in [-0.4, -0.2) is 32.8 Å². The summed E-state index contributed by atoms with van der Waals surface area (Å²) >= 11 is 0. The van der Waals surface area contributed by atoms with Crippen LogP contribution in [0.5, 0.6) is 0 Å². The molecule has 4 rings (SSSR count). The molecular weight excluding hydrogens is 376 g/mol. The second-order valence-corrected chi connectivity index (χ2v) is 6.99. The lowest BCUT2D eigenvalue weighted by atomic mass is 10.1. The van der Waals surface area contributed by atoms with Gasteiger partial charge in [0.1, 0.15) is 5.82 Å². The van der Waals surface area contributed by atoms with Crippen molar-refractivity contribution < 1.29 is 9.59 Å². The largest absolute Gasteiger partial charge is 0.352 e. The Bertz CT molecular complexity index is 1150. The molecule has 2 heterocycles. The SMILES string of the molecule is O=C(Cn1c(CCCNC(=O)c2ccncc2)nc2ccccc21)c1ccccc1. The summed E-state index contributed by atoms with van der Waals surface area (Å²) in [5.41, 5.74) is 3.09. The number of carbonyl (C=O) groups is 2. The van der Waals surface area contributed by atoms with E-state index in [1.54, 1.807) is 24.5 Å². The van der Waals surface area contributed by atoms with Gasteiger partial charge in [0.15, 0.2) is 5.78 Å². The van der Waals surface area contributed by atoms with Gasteiger partial charge in [0.2, 0.25) is 0 Å². The number of fused-ring (bicyclic) bond motifs is 1. The third kappa shape index (κ3) is 4.43. The summed E-state index contributed by atoms with van der Waals surface area (Å²) in [6.07, 6.45) is 4.58. The number of nitrogens with one attached hydrogen (secondary N) is 1. The van der Waals surface area contributed by atoms with Gasteiger partial charge in [0.05, 0.1) is 17.6 Å². The molecular formula is C24H22N4O2. The molecule has 0 saturated heterocycles. The Balaban J connectivity index is 1.45. The lowest BCUT2D eigenvalue weighted by Gasteiger charge is -2.09. The predicted octanol–water partition coefficient (Wildman–Crippen LogP) is 3.68. The predicted molar refractivity (Wildman–Crippen MR) is 115 cm³/mol. The highest BCUT2D eigenvalue weighted by molar-refractivity contribution is 5.96. The highest BCUT2D eigenvalue weighted by Gasteiger charge is 2.14. The third-order valence-corrected chi connectivity index (χ3v) is 4.94. The Kier molecular flexibility index (Phi) is 5.94. The first-order valence-electron chi connectivity index (χ1n) is 9.93. The van der Waals surface area contributed by atoms with Crippen LogP contribution in [0.1, 0.15) is 33.0 Å². The summed E-state index contributed by atoms with van der Waals surface area (Å²) in [5.74, 6) is 0.773. The van der Waals surface area contributed by atoms with Gasteiger partial charge in [-0.05, 0) is 30.7 Å². The molecule has 4 aromatic rings. The van der Waals surface area contributed by atoms with Crippen LogP contribution in [0.15, 0.2) is 79.1 Å². The number of benzene rings is 2. The molecule has 0 spiro atoms. The van der Waals surface area contributed by atoms with E-state index in [0.717, 1.165) is 23.3 Å². The number of nitrogens with zero attached hydrogens (tertiary/aromatic N) is 3. The number of hydrogen-bond donors (Lipinski definition) is 1. The van der Waals surface area contributed by atoms with Gasteiger partial charge < -0.3 is 9.88 Å². The van der Waals surface area contributed by atoms with Crippen molar-refractivity contribution in [2.24, 2.45) is 0 Å². The lowest BCUT2D eigenvalue weighted by molar-refractivity contribution is 0.0951. The number of aromatic nitrogens is 3. The highest BCUT2D eigenvalue weighted by Crippen LogP contribution is 2.18. The Morgan fingerprint density at radius 1 is 0.867 bits per heavy atom. The molecule has 2 aromatic carbocycles. The van der Waals surface area contributed by atoms with Crippen LogP contribution >= 0.6 is 0 Å². The first kappa shape index (κ1) is 19.5. The smallest absolute Gasteiger partial charge is 0.251 e. The normalized spacial score (nSPS) is 10.8. The summed E-state index contributed by atoms with van der Waals surface area (Å²) < 4.78 is 1.98. The molecule has 0 radical (unpaired) electrons. The topological polar surface area (TPSA) is 76.9 Å². The number of imidazole rings is 1. The number of ketones is 1. The zero-order valence-corrected chi connectivity index (χ0v) is 16.5. The zero-order valence-electron chi connectivity index (χ0n) is 16.5. The van der Waals surface area contributed by atoms with Gasteiger partial charge in [-0.2, -0.15) is 0 Å². The van der Waals surface area contributed by atoms with E-state index in [-0.39, 0.29) is 18.2 Å². The minimum absolute atomic E-state index is 0.0472. The van der Waals surface area contributed by atoms with E-state index in [4.69, 9.17) is 4.98 Å². The molecule has 1 amide bonds. The van der Waals surface area contributed by atoms with Crippen LogP contribution in [-0.2, 0) is 13.0 Å². The maximum Gasteiger partial charge on any atom is 0.251 e. The second kappa shape index (κ2) is 9.13. The Morgan fingerprint density at radius 2 is 1.60 bits per heavy atom. The van der Waals surface area contributed by atoms with Crippen LogP contribution < -0.4 is 5.32 Å². The van der Waals surface area contributed by atoms with Crippen molar-refractivity contribution in [2.75, 3.05) is 6.54 Å². The van der Waals surface area contributed by atoms with Crippen LogP contribution in [0.4, 0.5) is 0 Å². The van der Waals surface area contributed by atoms with E-state index >= 15 is 0 Å². The number of rotatable bonds is 8. The van der Waals surface area contributed by atoms with Gasteiger partial charge in [0, 0.05) is 36.5 Å². The van der Waals surface area contributed by atoms with Gasteiger partial charge in [-0.25, -0.2) is 4.98 Å². The molecule has 6 heteroatoms. The maximum atomic E-state index is 12.8. The van der Waals surface area contributed by atoms with Crippen molar-refractivity contribution in [1.29, 1.82) is 0 Å². The number of carbonyl (C=O) groups excluding carboxylic acids is 2. The third-order valence-electron chi connectivity index (χ3n) is 4.94. The molecule has 0 bridgehead atoms. The maximum absolute atomic E-state index is 12.8. The van der Waals surface area contributed by atoms with Crippen LogP contribution in [0.3, 0.4) is 0 Å². The summed E-state index contributed by atoms with van der Waals surface area (Å²) in [5, 5.41) is 2.92. The number of pyridine rings is 1. The van der Waals surface area contributed by atoms with Crippen molar-refractivity contribution in [3.8, 4) is 0 Å². The lowest BCUT2D eigenvalue weighted by Crippen LogP contribution is -2.25. The Morgan fingerprint density at radius 3 is 2.40 bits per heavy atom. The van der Waals surface area contributed by atoms with Gasteiger partial charge in [0.25, 0.3) is 5.91 Å². The average Bonchev–Trinajstić information content (AvgIpc) is 3.15. The van der Waals surface area contributed by atoms with E-state index in [1.165, 1.54) is 0 Å². The molecule has 1 N–H and O–H groups in total. The van der Waals surface area contributed by atoms with Crippen LogP contribution in [0, 0.1) is 0 Å². The second-order valence-electron chi connectivity index (χ2n) is 6.99. The van der Waals surface area contributed by atoms with Gasteiger partial charge in [-0.15, -0.1) is 0 Å². The molecule has 150 valence electrons. The molecule has 0 fully saturated rings. The fourth-order valence-corrected chi connectivity index (χ4v) is 3.41. The van der Waals surface area contributed by atoms with Crippen LogP contribution in [0.25, 0.3) is 11.0 Å². The molecule has 0 unspecified atom stereocenters. The monoisotopic (exact) mass is 398 g/mol. The number of amides is 1. The van der Waals surface area contributed by atoms with Gasteiger partial charge >= 0.3 is 0 Å². The fraction of sp³-hybridized carbons (Fsp3) is 0.167. The molecule has 0 saturated carbocycles. The standard InChI is InChI=1S/C24H22N4O2/c29-22(18-7-2-1-3-8-18)17-28-21-10-5-4-9-20(21)27-23(28)11-6-14-26-24(30)19-12-15-25-16-13-19/h1-5,7-10,12-13,15-16H,6,11,14,17H2,(H,26,30). The molecule has 0 atom stereocenters. The average molecular weight is 398 g/mol. The first-order chi connectivity index (χ1) is 14.7. The Labute approximate surface area is 174 Å². The summed E-state index contributed by atoms with van der Waals surface area (Å²) in [4.78, 5) is 33.6. The molecule has 0 aliphatic heterocycles. The van der Waals surface area contributed by atoms with E-state index in [0.29, 0.717) is 24.1 Å². The van der Waals surface area contributed by atoms with E-state index < -0.39 is 0 Å². The summed E-state index contributed by atoms with van der Waals surface area (Å²) in [7, 11) is 0. The van der Waals surface area contributed by atoms with Crippen molar-refractivity contribution in [1.82, 2.24) is 19.9 Å². The van der Waals surface area contributed by atoms with Crippen LogP contribution in [0.2, 0.25) is 0 Å². The fourth-order valence-electron chi connectivity index (χ4n) is 3.41. The molecule has 6 nitrogen and oxygen atoms in total. The van der Waals surface area contributed by atoms with Crippen molar-refractivity contribution >= 4 is 22.7 Å².